The fraction of sp³-hybridized carbons (Fsp3) is 0.148. The summed E-state index contributed by atoms with van der Waals surface area (Å²) in [5, 5.41) is 11.7. The van der Waals surface area contributed by atoms with Crippen molar-refractivity contribution in [3.05, 3.63) is 96.1 Å². The van der Waals surface area contributed by atoms with Gasteiger partial charge in [0.05, 0.1) is 0 Å². The molecule has 0 heterocycles. The van der Waals surface area contributed by atoms with Gasteiger partial charge in [0.1, 0.15) is 17.0 Å². The summed E-state index contributed by atoms with van der Waals surface area (Å²) >= 11 is 0. The second-order valence-electron chi connectivity index (χ2n) is 8.20. The van der Waals surface area contributed by atoms with E-state index in [2.05, 4.69) is 36.4 Å². The molecule has 0 fully saturated rings. The van der Waals surface area contributed by atoms with Crippen LogP contribution >= 0.6 is 12.4 Å². The molecule has 5 rings (SSSR count). The number of hydrogen-bond acceptors (Lipinski definition) is 3. The molecule has 1 aliphatic carbocycles. The van der Waals surface area contributed by atoms with Crippen molar-refractivity contribution in [1.29, 1.82) is 0 Å². The molecule has 1 aliphatic rings. The lowest BCUT2D eigenvalue weighted by Gasteiger charge is -2.31. The predicted octanol–water partition coefficient (Wildman–Crippen LogP) is 5.99. The average Bonchev–Trinajstić information content (AvgIpc) is 2.79. The number of ether oxygens (including phenoxy) is 1. The third kappa shape index (κ3) is 3.95. The number of hydrogen-bond donors (Lipinski definition) is 2. The lowest BCUT2D eigenvalue weighted by atomic mass is 9.78. The van der Waals surface area contributed by atoms with Crippen molar-refractivity contribution in [3.8, 4) is 22.6 Å². The molecule has 0 aromatic heterocycles. The van der Waals surface area contributed by atoms with Crippen LogP contribution in [-0.2, 0) is 17.6 Å². The van der Waals surface area contributed by atoms with Crippen LogP contribution in [0.4, 0.5) is 0 Å². The average molecular weight is 446 g/mol. The van der Waals surface area contributed by atoms with E-state index in [0.29, 0.717) is 25.0 Å². The molecule has 4 aromatic carbocycles. The molecule has 5 heteroatoms. The van der Waals surface area contributed by atoms with Crippen LogP contribution in [0.15, 0.2) is 84.9 Å². The number of fused-ring (bicyclic) bond motifs is 2. The minimum absolute atomic E-state index is 0. The maximum Gasteiger partial charge on any atom is 0.324 e. The lowest BCUT2D eigenvalue weighted by molar-refractivity contribution is -0.143. The number of carboxylic acid groups (broad SMARTS) is 1. The third-order valence-electron chi connectivity index (χ3n) is 6.13. The number of nitrogens with two attached hydrogens (primary N) is 1. The zero-order chi connectivity index (χ0) is 21.4. The maximum atomic E-state index is 11.6. The molecule has 0 spiro atoms. The Kier molecular flexibility index (Phi) is 5.92. The van der Waals surface area contributed by atoms with Gasteiger partial charge in [-0.2, -0.15) is 0 Å². The van der Waals surface area contributed by atoms with E-state index in [9.17, 15) is 9.90 Å². The van der Waals surface area contributed by atoms with Crippen LogP contribution in [0.2, 0.25) is 0 Å². The van der Waals surface area contributed by atoms with E-state index in [1.54, 1.807) is 0 Å². The minimum Gasteiger partial charge on any atom is -0.480 e. The first-order valence-electron chi connectivity index (χ1n) is 10.4. The van der Waals surface area contributed by atoms with Gasteiger partial charge in [-0.15, -0.1) is 12.4 Å². The predicted molar refractivity (Wildman–Crippen MR) is 130 cm³/mol. The van der Waals surface area contributed by atoms with E-state index < -0.39 is 11.5 Å². The SMILES string of the molecule is Cl.NC1(C(=O)O)CCc2ccc(Oc3cccc4cccc(-c5ccccc5)c34)cc2C1. The van der Waals surface area contributed by atoms with Crippen LogP contribution in [0.3, 0.4) is 0 Å². The van der Waals surface area contributed by atoms with Crippen LogP contribution in [0, 0.1) is 0 Å². The Bertz CT molecular complexity index is 1280. The molecule has 0 bridgehead atoms. The summed E-state index contributed by atoms with van der Waals surface area (Å²) in [5.74, 6) is 0.500. The van der Waals surface area contributed by atoms with Gasteiger partial charge in [0, 0.05) is 11.8 Å². The number of carboxylic acids is 1. The van der Waals surface area contributed by atoms with E-state index in [4.69, 9.17) is 10.5 Å². The molecule has 162 valence electrons. The summed E-state index contributed by atoms with van der Waals surface area (Å²) in [5.41, 5.74) is 9.24. The van der Waals surface area contributed by atoms with Gasteiger partial charge in [0.2, 0.25) is 0 Å². The number of carbonyl (C=O) groups is 1. The molecular formula is C27H24ClNO3. The van der Waals surface area contributed by atoms with Gasteiger partial charge in [0.15, 0.2) is 0 Å². The molecule has 0 saturated heterocycles. The second kappa shape index (κ2) is 8.65. The molecule has 32 heavy (non-hydrogen) atoms. The van der Waals surface area contributed by atoms with Gasteiger partial charge >= 0.3 is 5.97 Å². The molecule has 0 aliphatic heterocycles. The Morgan fingerprint density at radius 3 is 2.41 bits per heavy atom. The largest absolute Gasteiger partial charge is 0.480 e. The van der Waals surface area contributed by atoms with Gasteiger partial charge < -0.3 is 15.6 Å². The highest BCUT2D eigenvalue weighted by molar-refractivity contribution is 6.01. The molecule has 1 atom stereocenters. The van der Waals surface area contributed by atoms with E-state index in [0.717, 1.165) is 38.8 Å². The molecule has 3 N–H and O–H groups in total. The van der Waals surface area contributed by atoms with Crippen molar-refractivity contribution in [3.63, 3.8) is 0 Å². The van der Waals surface area contributed by atoms with Crippen molar-refractivity contribution >= 4 is 29.1 Å². The first kappa shape index (κ1) is 21.9. The molecule has 1 unspecified atom stereocenters. The number of rotatable bonds is 4. The standard InChI is InChI=1S/C27H23NO3.ClH/c28-27(26(29)30)15-14-18-12-13-22(16-21(18)17-27)31-24-11-5-9-20-8-4-10-23(25(20)24)19-6-2-1-3-7-19;/h1-13,16H,14-15,17,28H2,(H,29,30);1H. The van der Waals surface area contributed by atoms with Gasteiger partial charge in [0.25, 0.3) is 0 Å². The van der Waals surface area contributed by atoms with Crippen molar-refractivity contribution in [1.82, 2.24) is 0 Å². The third-order valence-corrected chi connectivity index (χ3v) is 6.13. The maximum absolute atomic E-state index is 11.6. The Morgan fingerprint density at radius 1 is 0.906 bits per heavy atom. The molecule has 4 aromatic rings. The van der Waals surface area contributed by atoms with Crippen molar-refractivity contribution in [2.75, 3.05) is 0 Å². The van der Waals surface area contributed by atoms with Gasteiger partial charge in [-0.25, -0.2) is 0 Å². The first-order valence-corrected chi connectivity index (χ1v) is 10.4. The normalized spacial score (nSPS) is 17.3. The van der Waals surface area contributed by atoms with Crippen LogP contribution in [0.25, 0.3) is 21.9 Å². The monoisotopic (exact) mass is 445 g/mol. The highest BCUT2D eigenvalue weighted by atomic mass is 35.5. The second-order valence-corrected chi connectivity index (χ2v) is 8.20. The summed E-state index contributed by atoms with van der Waals surface area (Å²) in [6.45, 7) is 0. The van der Waals surface area contributed by atoms with Crippen LogP contribution in [-0.4, -0.2) is 16.6 Å². The van der Waals surface area contributed by atoms with Crippen LogP contribution in [0.1, 0.15) is 17.5 Å². The quantitative estimate of drug-likeness (QED) is 0.404. The fourth-order valence-corrected chi connectivity index (χ4v) is 4.42. The number of aryl methyl sites for hydroxylation is 1. The first-order chi connectivity index (χ1) is 15.0. The molecule has 4 nitrogen and oxygen atoms in total. The van der Waals surface area contributed by atoms with E-state index in [1.165, 1.54) is 0 Å². The lowest BCUT2D eigenvalue weighted by Crippen LogP contribution is -2.52. The van der Waals surface area contributed by atoms with Crippen LogP contribution in [0.5, 0.6) is 11.5 Å². The summed E-state index contributed by atoms with van der Waals surface area (Å²) < 4.78 is 6.36. The molecule has 0 radical (unpaired) electrons. The molecular weight excluding hydrogens is 422 g/mol. The fourth-order valence-electron chi connectivity index (χ4n) is 4.42. The number of benzene rings is 4. The van der Waals surface area contributed by atoms with Crippen molar-refractivity contribution < 1.29 is 14.6 Å². The smallest absolute Gasteiger partial charge is 0.324 e. The Labute approximate surface area is 193 Å². The highest BCUT2D eigenvalue weighted by Gasteiger charge is 2.37. The Morgan fingerprint density at radius 2 is 1.66 bits per heavy atom. The van der Waals surface area contributed by atoms with Crippen molar-refractivity contribution in [2.24, 2.45) is 5.73 Å². The Hall–Kier alpha value is -3.34. The van der Waals surface area contributed by atoms with Gasteiger partial charge in [-0.3, -0.25) is 4.79 Å². The molecule has 0 amide bonds. The van der Waals surface area contributed by atoms with E-state index in [1.807, 2.05) is 48.5 Å². The van der Waals surface area contributed by atoms with Gasteiger partial charge in [-0.1, -0.05) is 66.7 Å². The summed E-state index contributed by atoms with van der Waals surface area (Å²) in [4.78, 5) is 11.6. The zero-order valence-electron chi connectivity index (χ0n) is 17.5. The minimum atomic E-state index is -1.22. The topological polar surface area (TPSA) is 72.6 Å². The highest BCUT2D eigenvalue weighted by Crippen LogP contribution is 2.38. The van der Waals surface area contributed by atoms with E-state index in [-0.39, 0.29) is 12.4 Å². The number of aliphatic carboxylic acids is 1. The zero-order valence-corrected chi connectivity index (χ0v) is 18.3. The summed E-state index contributed by atoms with van der Waals surface area (Å²) in [7, 11) is 0. The summed E-state index contributed by atoms with van der Waals surface area (Å²) in [6.07, 6.45) is 1.41. The Balaban J connectivity index is 0.00000245. The van der Waals surface area contributed by atoms with Crippen molar-refractivity contribution in [2.45, 2.75) is 24.8 Å². The summed E-state index contributed by atoms with van der Waals surface area (Å²) in [6, 6.07) is 28.4. The number of halogens is 1. The van der Waals surface area contributed by atoms with Gasteiger partial charge in [-0.05, 0) is 58.7 Å². The van der Waals surface area contributed by atoms with Crippen LogP contribution < -0.4 is 10.5 Å². The van der Waals surface area contributed by atoms with E-state index >= 15 is 0 Å². The molecule has 0 saturated carbocycles.